The normalized spacial score (nSPS) is 10.5. The first-order valence-electron chi connectivity index (χ1n) is 10.4. The molecule has 0 aliphatic heterocycles. The zero-order chi connectivity index (χ0) is 23.0. The van der Waals surface area contributed by atoms with Crippen molar-refractivity contribution in [2.45, 2.75) is 40.5 Å². The molecule has 0 saturated heterocycles. The van der Waals surface area contributed by atoms with Crippen LogP contribution in [0.15, 0.2) is 24.3 Å². The van der Waals surface area contributed by atoms with Gasteiger partial charge in [0.1, 0.15) is 16.3 Å². The van der Waals surface area contributed by atoms with Crippen molar-refractivity contribution in [2.24, 2.45) is 0 Å². The van der Waals surface area contributed by atoms with Gasteiger partial charge in [-0.2, -0.15) is 0 Å². The molecule has 2 amide bonds. The first kappa shape index (κ1) is 24.4. The minimum absolute atomic E-state index is 0.0282. The van der Waals surface area contributed by atoms with Gasteiger partial charge in [0.05, 0.1) is 7.11 Å². The highest BCUT2D eigenvalue weighted by molar-refractivity contribution is 7.17. The van der Waals surface area contributed by atoms with Crippen LogP contribution in [0, 0.1) is 6.92 Å². The smallest absolute Gasteiger partial charge is 0.341 e. The highest BCUT2D eigenvalue weighted by Gasteiger charge is 2.25. The number of hydrogen-bond acceptors (Lipinski definition) is 6. The molecule has 0 atom stereocenters. The van der Waals surface area contributed by atoms with E-state index in [9.17, 15) is 14.4 Å². The summed E-state index contributed by atoms with van der Waals surface area (Å²) < 4.78 is 10.6. The summed E-state index contributed by atoms with van der Waals surface area (Å²) >= 11 is 1.35. The van der Waals surface area contributed by atoms with Gasteiger partial charge in [-0.15, -0.1) is 11.3 Å². The van der Waals surface area contributed by atoms with Gasteiger partial charge in [-0.05, 0) is 44.9 Å². The summed E-state index contributed by atoms with van der Waals surface area (Å²) in [6.07, 6.45) is 1.10. The van der Waals surface area contributed by atoms with Gasteiger partial charge in [0.15, 0.2) is 6.61 Å². The molecule has 2 aromatic rings. The van der Waals surface area contributed by atoms with Gasteiger partial charge in [0.2, 0.25) is 5.91 Å². The number of esters is 1. The Morgan fingerprint density at radius 1 is 1.06 bits per heavy atom. The zero-order valence-corrected chi connectivity index (χ0v) is 19.6. The van der Waals surface area contributed by atoms with Gasteiger partial charge in [0, 0.05) is 30.0 Å². The van der Waals surface area contributed by atoms with Crippen molar-refractivity contribution in [3.63, 3.8) is 0 Å². The van der Waals surface area contributed by atoms with E-state index in [1.54, 1.807) is 17.0 Å². The summed E-state index contributed by atoms with van der Waals surface area (Å²) in [5.41, 5.74) is 1.86. The molecule has 8 heteroatoms. The Hall–Kier alpha value is -2.87. The van der Waals surface area contributed by atoms with Gasteiger partial charge in [0.25, 0.3) is 5.91 Å². The molecule has 0 aliphatic rings. The van der Waals surface area contributed by atoms with E-state index >= 15 is 0 Å². The van der Waals surface area contributed by atoms with Gasteiger partial charge in [-0.1, -0.05) is 19.1 Å². The number of carbonyl (C=O) groups excluding carboxylic acids is 3. The maximum Gasteiger partial charge on any atom is 0.341 e. The molecular weight excluding hydrogens is 416 g/mol. The number of aryl methyl sites for hydroxylation is 1. The third-order valence-electron chi connectivity index (χ3n) is 4.83. The zero-order valence-electron chi connectivity index (χ0n) is 18.7. The number of likely N-dealkylation sites (N-methyl/N-ethyl adjacent to an activating group) is 1. The Kier molecular flexibility index (Phi) is 9.05. The molecule has 1 aromatic heterocycles. The average Bonchev–Trinajstić information content (AvgIpc) is 3.08. The number of carbonyl (C=O) groups is 3. The second kappa shape index (κ2) is 11.5. The number of nitrogens with one attached hydrogen (secondary N) is 1. The lowest BCUT2D eigenvalue weighted by Gasteiger charge is -2.18. The van der Waals surface area contributed by atoms with Crippen LogP contribution in [0.4, 0.5) is 5.00 Å². The molecule has 0 saturated carbocycles. The molecule has 1 aromatic carbocycles. The summed E-state index contributed by atoms with van der Waals surface area (Å²) in [6, 6.07) is 7.18. The van der Waals surface area contributed by atoms with Crippen molar-refractivity contribution < 1.29 is 23.9 Å². The fraction of sp³-hybridized carbons (Fsp3) is 0.435. The summed E-state index contributed by atoms with van der Waals surface area (Å²) in [6.45, 7) is 8.93. The molecule has 0 radical (unpaired) electrons. The number of benzene rings is 1. The van der Waals surface area contributed by atoms with Crippen molar-refractivity contribution in [3.05, 3.63) is 34.7 Å². The summed E-state index contributed by atoms with van der Waals surface area (Å²) in [5.74, 6) is -0.144. The predicted octanol–water partition coefficient (Wildman–Crippen LogP) is 4.50. The largest absolute Gasteiger partial charge is 0.484 e. The summed E-state index contributed by atoms with van der Waals surface area (Å²) in [7, 11) is 1.32. The molecule has 0 fully saturated rings. The molecule has 31 heavy (non-hydrogen) atoms. The van der Waals surface area contributed by atoms with Crippen LogP contribution in [0.1, 0.15) is 48.8 Å². The van der Waals surface area contributed by atoms with Crippen molar-refractivity contribution in [2.75, 3.05) is 32.1 Å². The first-order valence-corrected chi connectivity index (χ1v) is 11.2. The predicted molar refractivity (Wildman–Crippen MR) is 123 cm³/mol. The maximum absolute atomic E-state index is 12.5. The fourth-order valence-electron chi connectivity index (χ4n) is 3.22. The number of rotatable bonds is 10. The third-order valence-corrected chi connectivity index (χ3v) is 5.85. The number of amides is 2. The van der Waals surface area contributed by atoms with Crippen molar-refractivity contribution in [3.8, 4) is 16.9 Å². The van der Waals surface area contributed by atoms with E-state index in [4.69, 9.17) is 9.47 Å². The van der Waals surface area contributed by atoms with E-state index in [0.29, 0.717) is 35.8 Å². The summed E-state index contributed by atoms with van der Waals surface area (Å²) in [5, 5.41) is 3.32. The molecule has 1 heterocycles. The number of hydrogen-bond donors (Lipinski definition) is 1. The Morgan fingerprint density at radius 3 is 2.26 bits per heavy atom. The highest BCUT2D eigenvalue weighted by atomic mass is 32.1. The maximum atomic E-state index is 12.5. The Morgan fingerprint density at radius 2 is 1.71 bits per heavy atom. The molecule has 7 nitrogen and oxygen atoms in total. The minimum Gasteiger partial charge on any atom is -0.484 e. The lowest BCUT2D eigenvalue weighted by atomic mass is 10.0. The molecule has 2 rings (SSSR count). The van der Waals surface area contributed by atoms with Crippen LogP contribution in [-0.4, -0.2) is 49.5 Å². The number of ether oxygens (including phenoxy) is 2. The molecule has 168 valence electrons. The van der Waals surface area contributed by atoms with Gasteiger partial charge < -0.3 is 19.7 Å². The standard InChI is InChI=1S/C23H30N2O5S/c1-6-9-18(26)24-22-21(23(28)29-5)20(15(4)31-22)16-10-12-17(13-11-16)30-14-19(27)25(7-2)8-3/h10-13H,6-9,14H2,1-5H3,(H,24,26). The van der Waals surface area contributed by atoms with Crippen LogP contribution in [0.25, 0.3) is 11.1 Å². The van der Waals surface area contributed by atoms with E-state index < -0.39 is 5.97 Å². The van der Waals surface area contributed by atoms with Crippen molar-refractivity contribution >= 4 is 34.1 Å². The molecule has 0 aliphatic carbocycles. The molecule has 1 N–H and O–H groups in total. The Balaban J connectivity index is 2.27. The van der Waals surface area contributed by atoms with Gasteiger partial charge >= 0.3 is 5.97 Å². The SMILES string of the molecule is CCCC(=O)Nc1sc(C)c(-c2ccc(OCC(=O)N(CC)CC)cc2)c1C(=O)OC. The number of anilines is 1. The van der Waals surface area contributed by atoms with Gasteiger partial charge in [-0.25, -0.2) is 4.79 Å². The second-order valence-electron chi connectivity index (χ2n) is 6.91. The molecule has 0 spiro atoms. The molecule has 0 bridgehead atoms. The van der Waals surface area contributed by atoms with Crippen LogP contribution in [-0.2, 0) is 14.3 Å². The topological polar surface area (TPSA) is 84.9 Å². The van der Waals surface area contributed by atoms with Crippen LogP contribution in [0.5, 0.6) is 5.75 Å². The number of thiophene rings is 1. The Bertz CT molecular complexity index is 917. The van der Waals surface area contributed by atoms with Crippen LogP contribution in [0.3, 0.4) is 0 Å². The van der Waals surface area contributed by atoms with E-state index in [1.807, 2.05) is 39.8 Å². The van der Waals surface area contributed by atoms with E-state index in [1.165, 1.54) is 18.4 Å². The van der Waals surface area contributed by atoms with Crippen LogP contribution >= 0.6 is 11.3 Å². The van der Waals surface area contributed by atoms with E-state index in [2.05, 4.69) is 5.32 Å². The van der Waals surface area contributed by atoms with Crippen molar-refractivity contribution in [1.29, 1.82) is 0 Å². The monoisotopic (exact) mass is 446 g/mol. The quantitative estimate of drug-likeness (QED) is 0.543. The lowest BCUT2D eigenvalue weighted by Crippen LogP contribution is -2.34. The van der Waals surface area contributed by atoms with Crippen LogP contribution in [0.2, 0.25) is 0 Å². The third kappa shape index (κ3) is 6.07. The lowest BCUT2D eigenvalue weighted by molar-refractivity contribution is -0.133. The second-order valence-corrected chi connectivity index (χ2v) is 8.13. The van der Waals surface area contributed by atoms with E-state index in [-0.39, 0.29) is 18.4 Å². The Labute approximate surface area is 187 Å². The molecular formula is C23H30N2O5S. The number of methoxy groups -OCH3 is 1. The van der Waals surface area contributed by atoms with Crippen LogP contribution < -0.4 is 10.1 Å². The minimum atomic E-state index is -0.503. The van der Waals surface area contributed by atoms with E-state index in [0.717, 1.165) is 22.4 Å². The highest BCUT2D eigenvalue weighted by Crippen LogP contribution is 2.40. The fourth-order valence-corrected chi connectivity index (χ4v) is 4.30. The molecule has 0 unspecified atom stereocenters. The summed E-state index contributed by atoms with van der Waals surface area (Å²) in [4.78, 5) is 39.3. The first-order chi connectivity index (χ1) is 14.9. The average molecular weight is 447 g/mol. The van der Waals surface area contributed by atoms with Gasteiger partial charge in [-0.3, -0.25) is 9.59 Å². The number of nitrogens with zero attached hydrogens (tertiary/aromatic N) is 1. The van der Waals surface area contributed by atoms with Crippen molar-refractivity contribution in [1.82, 2.24) is 4.90 Å².